The number of rotatable bonds is 8. The maximum absolute atomic E-state index is 12.5. The van der Waals surface area contributed by atoms with Crippen molar-refractivity contribution in [1.29, 1.82) is 0 Å². The summed E-state index contributed by atoms with van der Waals surface area (Å²) < 4.78 is 38.7. The molecule has 34 heavy (non-hydrogen) atoms. The fourth-order valence-corrected chi connectivity index (χ4v) is 5.14. The Kier molecular flexibility index (Phi) is 6.97. The number of hydrogen-bond acceptors (Lipinski definition) is 6. The van der Waals surface area contributed by atoms with Crippen molar-refractivity contribution in [2.45, 2.75) is 25.2 Å². The van der Waals surface area contributed by atoms with E-state index in [-0.39, 0.29) is 5.41 Å². The molecular weight excluding hydrogens is 452 g/mol. The van der Waals surface area contributed by atoms with E-state index in [0.717, 1.165) is 56.9 Å². The Morgan fingerprint density at radius 1 is 1.09 bits per heavy atom. The lowest BCUT2D eigenvalue weighted by Gasteiger charge is -2.38. The molecule has 0 aliphatic carbocycles. The normalized spacial score (nSPS) is 15.9. The van der Waals surface area contributed by atoms with Crippen molar-refractivity contribution in [2.24, 2.45) is 0 Å². The first-order chi connectivity index (χ1) is 16.2. The standard InChI is InChI=1S/C25H32N4O4S/c1-19-24(17-29(27-19)34(30,31)28(2)3)20-8-10-21(11-9-20)25(12-14-26-15-13-25)18-33-23-7-5-6-22(16-23)32-4/h5-11,16-17,26H,12-15,18H2,1-4H3. The molecule has 0 unspecified atom stereocenters. The van der Waals surface area contributed by atoms with Crippen LogP contribution in [0.1, 0.15) is 24.1 Å². The highest BCUT2D eigenvalue weighted by Gasteiger charge is 2.35. The van der Waals surface area contributed by atoms with Gasteiger partial charge in [0.1, 0.15) is 11.5 Å². The van der Waals surface area contributed by atoms with Gasteiger partial charge in [-0.25, -0.2) is 0 Å². The Labute approximate surface area is 201 Å². The van der Waals surface area contributed by atoms with Gasteiger partial charge in [0.05, 0.1) is 25.6 Å². The molecule has 0 saturated carbocycles. The van der Waals surface area contributed by atoms with Crippen molar-refractivity contribution in [3.8, 4) is 22.6 Å². The average Bonchev–Trinajstić information content (AvgIpc) is 3.26. The first-order valence-electron chi connectivity index (χ1n) is 11.3. The predicted octanol–water partition coefficient (Wildman–Crippen LogP) is 3.22. The molecule has 1 aliphatic heterocycles. The van der Waals surface area contributed by atoms with Crippen LogP contribution in [-0.2, 0) is 15.6 Å². The highest BCUT2D eigenvalue weighted by molar-refractivity contribution is 7.87. The van der Waals surface area contributed by atoms with Crippen LogP contribution < -0.4 is 14.8 Å². The molecule has 182 valence electrons. The summed E-state index contributed by atoms with van der Waals surface area (Å²) in [6, 6.07) is 16.0. The Morgan fingerprint density at radius 2 is 1.76 bits per heavy atom. The molecule has 0 bridgehead atoms. The number of nitrogens with zero attached hydrogens (tertiary/aromatic N) is 3. The second-order valence-electron chi connectivity index (χ2n) is 8.87. The molecular formula is C25H32N4O4S. The molecule has 0 amide bonds. The Hall–Kier alpha value is -2.88. The molecule has 1 N–H and O–H groups in total. The molecule has 1 saturated heterocycles. The number of ether oxygens (including phenoxy) is 2. The van der Waals surface area contributed by atoms with Gasteiger partial charge >= 0.3 is 10.2 Å². The third-order valence-corrected chi connectivity index (χ3v) is 8.08. The fourth-order valence-electron chi connectivity index (χ4n) is 4.34. The monoisotopic (exact) mass is 484 g/mol. The van der Waals surface area contributed by atoms with Crippen molar-refractivity contribution in [3.05, 3.63) is 66.0 Å². The molecule has 1 aromatic heterocycles. The lowest BCUT2D eigenvalue weighted by molar-refractivity contribution is 0.175. The second-order valence-corrected chi connectivity index (χ2v) is 10.9. The van der Waals surface area contributed by atoms with Gasteiger partial charge < -0.3 is 14.8 Å². The van der Waals surface area contributed by atoms with Crippen LogP contribution in [0.25, 0.3) is 11.1 Å². The minimum Gasteiger partial charge on any atom is -0.497 e. The highest BCUT2D eigenvalue weighted by Crippen LogP contribution is 2.36. The van der Waals surface area contributed by atoms with Crippen molar-refractivity contribution in [1.82, 2.24) is 18.8 Å². The van der Waals surface area contributed by atoms with Crippen molar-refractivity contribution in [3.63, 3.8) is 0 Å². The zero-order valence-corrected chi connectivity index (χ0v) is 20.9. The summed E-state index contributed by atoms with van der Waals surface area (Å²) in [4.78, 5) is 0. The van der Waals surface area contributed by atoms with E-state index in [1.54, 1.807) is 13.3 Å². The van der Waals surface area contributed by atoms with Gasteiger partial charge in [-0.3, -0.25) is 0 Å². The molecule has 0 radical (unpaired) electrons. The molecule has 4 rings (SSSR count). The first kappa shape index (κ1) is 24.3. The van der Waals surface area contributed by atoms with Crippen molar-refractivity contribution < 1.29 is 17.9 Å². The minimum absolute atomic E-state index is 0.111. The first-order valence-corrected chi connectivity index (χ1v) is 12.7. The largest absolute Gasteiger partial charge is 0.497 e. The van der Waals surface area contributed by atoms with E-state index >= 15 is 0 Å². The Bertz CT molecular complexity index is 1230. The summed E-state index contributed by atoms with van der Waals surface area (Å²) in [6.07, 6.45) is 3.51. The van der Waals surface area contributed by atoms with Crippen molar-refractivity contribution >= 4 is 10.2 Å². The Morgan fingerprint density at radius 3 is 2.41 bits per heavy atom. The summed E-state index contributed by atoms with van der Waals surface area (Å²) in [5.74, 6) is 1.56. The number of methoxy groups -OCH3 is 1. The van der Waals surface area contributed by atoms with Crippen LogP contribution in [0.3, 0.4) is 0 Å². The van der Waals surface area contributed by atoms with Gasteiger partial charge in [0.2, 0.25) is 0 Å². The molecule has 0 spiro atoms. The van der Waals surface area contributed by atoms with Gasteiger partial charge in [0, 0.05) is 31.1 Å². The average molecular weight is 485 g/mol. The van der Waals surface area contributed by atoms with E-state index in [0.29, 0.717) is 12.3 Å². The van der Waals surface area contributed by atoms with Crippen LogP contribution in [0.5, 0.6) is 11.5 Å². The van der Waals surface area contributed by atoms with Gasteiger partial charge in [0.15, 0.2) is 0 Å². The van der Waals surface area contributed by atoms with E-state index in [1.807, 2.05) is 43.3 Å². The Balaban J connectivity index is 1.59. The third kappa shape index (κ3) is 4.82. The number of piperidine rings is 1. The number of nitrogens with one attached hydrogen (secondary N) is 1. The summed E-state index contributed by atoms with van der Waals surface area (Å²) in [5, 5.41) is 7.68. The van der Waals surface area contributed by atoms with Crippen LogP contribution in [0.4, 0.5) is 0 Å². The molecule has 1 fully saturated rings. The summed E-state index contributed by atoms with van der Waals surface area (Å²) >= 11 is 0. The topological polar surface area (TPSA) is 85.7 Å². The lowest BCUT2D eigenvalue weighted by Crippen LogP contribution is -2.43. The zero-order chi connectivity index (χ0) is 24.3. The SMILES string of the molecule is COc1cccc(OCC2(c3ccc(-c4cn(S(=O)(=O)N(C)C)nc4C)cc3)CCNCC2)c1. The van der Waals surface area contributed by atoms with Crippen LogP contribution in [0.2, 0.25) is 0 Å². The van der Waals surface area contributed by atoms with Gasteiger partial charge in [-0.2, -0.15) is 21.9 Å². The minimum atomic E-state index is -3.65. The van der Waals surface area contributed by atoms with Crippen LogP contribution >= 0.6 is 0 Å². The molecule has 9 heteroatoms. The number of benzene rings is 2. The van der Waals surface area contributed by atoms with Crippen LogP contribution in [-0.4, -0.2) is 62.8 Å². The number of aryl methyl sites for hydroxylation is 1. The predicted molar refractivity (Wildman–Crippen MR) is 133 cm³/mol. The maximum atomic E-state index is 12.5. The van der Waals surface area contributed by atoms with Gasteiger partial charge in [0.25, 0.3) is 0 Å². The number of aromatic nitrogens is 2. The summed E-state index contributed by atoms with van der Waals surface area (Å²) in [6.45, 7) is 4.25. The smallest absolute Gasteiger partial charge is 0.322 e. The molecule has 2 heterocycles. The van der Waals surface area contributed by atoms with Crippen LogP contribution in [0.15, 0.2) is 54.7 Å². The molecule has 2 aromatic carbocycles. The van der Waals surface area contributed by atoms with E-state index < -0.39 is 10.2 Å². The van der Waals surface area contributed by atoms with Crippen molar-refractivity contribution in [2.75, 3.05) is 40.9 Å². The third-order valence-electron chi connectivity index (χ3n) is 6.50. The maximum Gasteiger partial charge on any atom is 0.322 e. The fraction of sp³-hybridized carbons (Fsp3) is 0.400. The molecule has 3 aromatic rings. The summed E-state index contributed by atoms with van der Waals surface area (Å²) in [5.41, 5.74) is 3.49. The number of hydrogen-bond donors (Lipinski definition) is 1. The molecule has 1 aliphatic rings. The zero-order valence-electron chi connectivity index (χ0n) is 20.1. The highest BCUT2D eigenvalue weighted by atomic mass is 32.2. The molecule has 0 atom stereocenters. The van der Waals surface area contributed by atoms with E-state index in [1.165, 1.54) is 19.7 Å². The lowest BCUT2D eigenvalue weighted by atomic mass is 9.73. The van der Waals surface area contributed by atoms with Crippen LogP contribution in [0, 0.1) is 6.92 Å². The van der Waals surface area contributed by atoms with Gasteiger partial charge in [-0.1, -0.05) is 30.3 Å². The van der Waals surface area contributed by atoms with E-state index in [2.05, 4.69) is 22.5 Å². The van der Waals surface area contributed by atoms with Gasteiger partial charge in [-0.05, 0) is 56.1 Å². The van der Waals surface area contributed by atoms with E-state index in [9.17, 15) is 8.42 Å². The molecule has 8 nitrogen and oxygen atoms in total. The second kappa shape index (κ2) is 9.77. The van der Waals surface area contributed by atoms with Gasteiger partial charge in [-0.15, -0.1) is 0 Å². The summed E-state index contributed by atoms with van der Waals surface area (Å²) in [7, 11) is 0.981. The van der Waals surface area contributed by atoms with E-state index in [4.69, 9.17) is 9.47 Å². The quantitative estimate of drug-likeness (QED) is 0.528.